The molecule has 1 unspecified atom stereocenters. The molecular weight excluding hydrogens is 410 g/mol. The maximum atomic E-state index is 14.4. The largest absolute Gasteiger partial charge is 0.309 e. The minimum Gasteiger partial charge on any atom is -0.309 e. The summed E-state index contributed by atoms with van der Waals surface area (Å²) in [7, 11) is -3.73. The minimum atomic E-state index is -3.73. The number of hydrogen-bond acceptors (Lipinski definition) is 5. The molecule has 0 saturated heterocycles. The van der Waals surface area contributed by atoms with Gasteiger partial charge in [0.25, 0.3) is 11.4 Å². The molecule has 0 saturated carbocycles. The van der Waals surface area contributed by atoms with Gasteiger partial charge in [-0.05, 0) is 5.56 Å². The monoisotopic (exact) mass is 426 g/mol. The van der Waals surface area contributed by atoms with Crippen molar-refractivity contribution >= 4 is 34.4 Å². The molecule has 0 fully saturated rings. The average molecular weight is 426 g/mol. The van der Waals surface area contributed by atoms with Crippen molar-refractivity contribution in [2.24, 2.45) is 0 Å². The van der Waals surface area contributed by atoms with E-state index in [0.29, 0.717) is 5.56 Å². The molecule has 3 rings (SSSR count). The summed E-state index contributed by atoms with van der Waals surface area (Å²) in [5.74, 6) is 0. The Morgan fingerprint density at radius 2 is 1.30 bits per heavy atom. The predicted octanol–water partition coefficient (Wildman–Crippen LogP) is 4.34. The number of nitrogens with zero attached hydrogens (tertiary/aromatic N) is 2. The van der Waals surface area contributed by atoms with Crippen molar-refractivity contribution < 1.29 is 18.8 Å². The van der Waals surface area contributed by atoms with Crippen LogP contribution in [-0.2, 0) is 4.57 Å². The first-order valence-electron chi connectivity index (χ1n) is 8.74. The number of nitro groups is 2. The lowest BCUT2D eigenvalue weighted by atomic mass is 10.1. The topological polar surface area (TPSA) is 103 Å². The first-order valence-corrected chi connectivity index (χ1v) is 10.5. The Balaban J connectivity index is 2.26. The molecular formula is C21H16FN2O5P. The molecule has 0 aromatic heterocycles. The average Bonchev–Trinajstić information content (AvgIpc) is 2.78. The summed E-state index contributed by atoms with van der Waals surface area (Å²) < 4.78 is 28.2. The molecule has 30 heavy (non-hydrogen) atoms. The Labute approximate surface area is 171 Å². The van der Waals surface area contributed by atoms with Crippen molar-refractivity contribution in [3.05, 3.63) is 111 Å². The minimum absolute atomic E-state index is 0.144. The predicted molar refractivity (Wildman–Crippen MR) is 113 cm³/mol. The number of non-ortho nitro benzene ring substituents is 2. The third-order valence-electron chi connectivity index (χ3n) is 4.59. The van der Waals surface area contributed by atoms with Crippen molar-refractivity contribution in [1.82, 2.24) is 0 Å². The van der Waals surface area contributed by atoms with Crippen LogP contribution in [0.5, 0.6) is 0 Å². The van der Waals surface area contributed by atoms with Gasteiger partial charge < -0.3 is 4.57 Å². The zero-order valence-corrected chi connectivity index (χ0v) is 16.4. The summed E-state index contributed by atoms with van der Waals surface area (Å²) in [6.45, 7) is 3.40. The molecule has 3 aromatic rings. The highest BCUT2D eigenvalue weighted by Crippen LogP contribution is 2.43. The lowest BCUT2D eigenvalue weighted by Crippen LogP contribution is -2.25. The SMILES string of the molecule is C=CC(F)c1ccc(P(=O)(c2cccc([N+](=O)[O-])c2)c2cccc([N+](=O)[O-])c2)cc1. The third kappa shape index (κ3) is 3.90. The molecule has 152 valence electrons. The van der Waals surface area contributed by atoms with E-state index in [2.05, 4.69) is 6.58 Å². The summed E-state index contributed by atoms with van der Waals surface area (Å²) in [5, 5.41) is 23.0. The van der Waals surface area contributed by atoms with Crippen LogP contribution in [0.15, 0.2) is 85.5 Å². The van der Waals surface area contributed by atoms with E-state index in [1.807, 2.05) is 0 Å². The van der Waals surface area contributed by atoms with Gasteiger partial charge in [0.1, 0.15) is 6.17 Å². The van der Waals surface area contributed by atoms with E-state index in [9.17, 15) is 29.2 Å². The van der Waals surface area contributed by atoms with Crippen LogP contribution in [-0.4, -0.2) is 9.85 Å². The second-order valence-corrected chi connectivity index (χ2v) is 9.16. The van der Waals surface area contributed by atoms with E-state index in [-0.39, 0.29) is 27.3 Å². The Morgan fingerprint density at radius 1 is 0.833 bits per heavy atom. The van der Waals surface area contributed by atoms with E-state index < -0.39 is 23.2 Å². The van der Waals surface area contributed by atoms with Crippen LogP contribution in [0.25, 0.3) is 0 Å². The van der Waals surface area contributed by atoms with Gasteiger partial charge in [-0.25, -0.2) is 4.39 Å². The number of alkyl halides is 1. The van der Waals surface area contributed by atoms with E-state index in [0.717, 1.165) is 6.08 Å². The molecule has 9 heteroatoms. The third-order valence-corrected chi connectivity index (χ3v) is 7.63. The van der Waals surface area contributed by atoms with E-state index >= 15 is 0 Å². The quantitative estimate of drug-likeness (QED) is 0.242. The zero-order valence-electron chi connectivity index (χ0n) is 15.6. The summed E-state index contributed by atoms with van der Waals surface area (Å²) in [6, 6.07) is 16.5. The molecule has 0 bridgehead atoms. The van der Waals surface area contributed by atoms with Crippen molar-refractivity contribution in [2.75, 3.05) is 0 Å². The summed E-state index contributed by atoms with van der Waals surface area (Å²) >= 11 is 0. The first kappa shape index (κ1) is 21.1. The summed E-state index contributed by atoms with van der Waals surface area (Å²) in [6.07, 6.45) is -0.288. The van der Waals surface area contributed by atoms with Crippen LogP contribution in [0, 0.1) is 20.2 Å². The molecule has 0 spiro atoms. The molecule has 0 amide bonds. The van der Waals surface area contributed by atoms with Crippen molar-refractivity contribution in [1.29, 1.82) is 0 Å². The summed E-state index contributed by atoms with van der Waals surface area (Å²) in [5.41, 5.74) is -0.214. The van der Waals surface area contributed by atoms with Crippen molar-refractivity contribution in [2.45, 2.75) is 6.17 Å². The molecule has 7 nitrogen and oxygen atoms in total. The molecule has 3 aromatic carbocycles. The van der Waals surface area contributed by atoms with Crippen molar-refractivity contribution in [3.63, 3.8) is 0 Å². The summed E-state index contributed by atoms with van der Waals surface area (Å²) in [4.78, 5) is 21.2. The van der Waals surface area contributed by atoms with Gasteiger partial charge in [0.05, 0.1) is 9.85 Å². The van der Waals surface area contributed by atoms with Crippen LogP contribution >= 0.6 is 7.14 Å². The van der Waals surface area contributed by atoms with Gasteiger partial charge >= 0.3 is 0 Å². The van der Waals surface area contributed by atoms with E-state index in [1.165, 1.54) is 72.8 Å². The second-order valence-electron chi connectivity index (χ2n) is 6.39. The number of nitro benzene ring substituents is 2. The molecule has 0 aliphatic carbocycles. The van der Waals surface area contributed by atoms with Gasteiger partial charge in [0, 0.05) is 40.2 Å². The smallest absolute Gasteiger partial charge is 0.270 e. The number of halogens is 1. The van der Waals surface area contributed by atoms with Gasteiger partial charge in [-0.15, -0.1) is 0 Å². The highest BCUT2D eigenvalue weighted by atomic mass is 31.2. The maximum absolute atomic E-state index is 14.4. The van der Waals surface area contributed by atoms with Crippen LogP contribution in [0.1, 0.15) is 11.7 Å². The van der Waals surface area contributed by atoms with Gasteiger partial charge in [0.2, 0.25) is 0 Å². The van der Waals surface area contributed by atoms with Crippen LogP contribution in [0.2, 0.25) is 0 Å². The fourth-order valence-electron chi connectivity index (χ4n) is 3.06. The maximum Gasteiger partial charge on any atom is 0.270 e. The fraction of sp³-hybridized carbons (Fsp3) is 0.0476. The molecule has 0 heterocycles. The zero-order chi connectivity index (χ0) is 21.9. The molecule has 0 aliphatic rings. The van der Waals surface area contributed by atoms with E-state index in [4.69, 9.17) is 0 Å². The highest BCUT2D eigenvalue weighted by molar-refractivity contribution is 7.85. The fourth-order valence-corrected chi connectivity index (χ4v) is 5.74. The standard InChI is InChI=1S/C21H16FN2O5P/c1-2-21(22)15-9-11-18(12-10-15)30(29,19-7-3-5-16(13-19)23(25)26)20-8-4-6-17(14-20)24(27)28/h2-14,21H,1H2. The molecule has 0 radical (unpaired) electrons. The van der Waals surface area contributed by atoms with Crippen LogP contribution in [0.3, 0.4) is 0 Å². The van der Waals surface area contributed by atoms with Crippen molar-refractivity contribution in [3.8, 4) is 0 Å². The first-order chi connectivity index (χ1) is 14.3. The normalized spacial score (nSPS) is 12.2. The van der Waals surface area contributed by atoms with Crippen LogP contribution < -0.4 is 15.9 Å². The highest BCUT2D eigenvalue weighted by Gasteiger charge is 2.32. The molecule has 0 N–H and O–H groups in total. The Morgan fingerprint density at radius 3 is 1.70 bits per heavy atom. The van der Waals surface area contributed by atoms with Crippen LogP contribution in [0.4, 0.5) is 15.8 Å². The van der Waals surface area contributed by atoms with Gasteiger partial charge in [-0.1, -0.05) is 61.2 Å². The second kappa shape index (κ2) is 8.39. The Bertz CT molecular complexity index is 1120. The lowest BCUT2D eigenvalue weighted by molar-refractivity contribution is -0.384. The number of rotatable bonds is 7. The lowest BCUT2D eigenvalue weighted by Gasteiger charge is -2.20. The number of allylic oxidation sites excluding steroid dienone is 1. The Kier molecular flexibility index (Phi) is 5.89. The van der Waals surface area contributed by atoms with Gasteiger partial charge in [-0.3, -0.25) is 20.2 Å². The molecule has 1 atom stereocenters. The van der Waals surface area contributed by atoms with Gasteiger partial charge in [0.15, 0.2) is 7.14 Å². The number of benzene rings is 3. The molecule has 0 aliphatic heterocycles. The van der Waals surface area contributed by atoms with Gasteiger partial charge in [-0.2, -0.15) is 0 Å². The Hall–Kier alpha value is -3.64. The van der Waals surface area contributed by atoms with E-state index in [1.54, 1.807) is 0 Å². The number of hydrogen-bond donors (Lipinski definition) is 0.